The number of hydrogen-bond acceptors (Lipinski definition) is 4. The highest BCUT2D eigenvalue weighted by Gasteiger charge is 2.27. The van der Waals surface area contributed by atoms with Crippen molar-refractivity contribution in [3.63, 3.8) is 0 Å². The number of aromatic nitrogens is 3. The van der Waals surface area contributed by atoms with Gasteiger partial charge in [-0.2, -0.15) is 0 Å². The molecule has 0 unspecified atom stereocenters. The highest BCUT2D eigenvalue weighted by molar-refractivity contribution is 6.35. The number of likely N-dealkylation sites (tertiary alicyclic amines) is 1. The van der Waals surface area contributed by atoms with Crippen molar-refractivity contribution in [2.24, 2.45) is 0 Å². The van der Waals surface area contributed by atoms with Crippen LogP contribution in [0.1, 0.15) is 34.9 Å². The number of carbonyl (C=O) groups excluding carboxylic acids is 1. The molecule has 1 saturated heterocycles. The largest absolute Gasteiger partial charge is 0.337 e. The van der Waals surface area contributed by atoms with E-state index in [-0.39, 0.29) is 17.4 Å². The van der Waals surface area contributed by atoms with Crippen molar-refractivity contribution >= 4 is 28.4 Å². The number of nitrogens with one attached hydrogen (secondary N) is 1. The van der Waals surface area contributed by atoms with Gasteiger partial charge in [0.25, 0.3) is 11.5 Å². The van der Waals surface area contributed by atoms with Gasteiger partial charge in [0.05, 0.1) is 22.6 Å². The lowest BCUT2D eigenvalue weighted by Crippen LogP contribution is -2.39. The first-order valence-corrected chi connectivity index (χ1v) is 8.89. The maximum atomic E-state index is 12.9. The molecule has 1 fully saturated rings. The van der Waals surface area contributed by atoms with Crippen molar-refractivity contribution in [2.45, 2.75) is 18.8 Å². The van der Waals surface area contributed by atoms with Crippen LogP contribution in [0.4, 0.5) is 0 Å². The second kappa shape index (κ2) is 6.88. The number of pyridine rings is 1. The molecule has 0 spiro atoms. The van der Waals surface area contributed by atoms with Crippen LogP contribution in [0, 0.1) is 0 Å². The van der Waals surface area contributed by atoms with E-state index in [1.807, 2.05) is 18.2 Å². The Hall–Kier alpha value is -2.73. The first-order valence-electron chi connectivity index (χ1n) is 8.51. The Bertz CT molecular complexity index is 1030. The number of amides is 1. The Kier molecular flexibility index (Phi) is 4.42. The third-order valence-corrected chi connectivity index (χ3v) is 5.02. The van der Waals surface area contributed by atoms with Gasteiger partial charge in [-0.05, 0) is 25.0 Å². The summed E-state index contributed by atoms with van der Waals surface area (Å²) in [7, 11) is 0. The van der Waals surface area contributed by atoms with Gasteiger partial charge in [-0.3, -0.25) is 9.59 Å². The molecule has 1 amide bonds. The van der Waals surface area contributed by atoms with Crippen molar-refractivity contribution in [3.05, 3.63) is 69.5 Å². The number of para-hydroxylation sites is 1. The molecule has 132 valence electrons. The fourth-order valence-electron chi connectivity index (χ4n) is 3.40. The van der Waals surface area contributed by atoms with E-state index in [2.05, 4.69) is 15.0 Å². The van der Waals surface area contributed by atoms with Crippen molar-refractivity contribution in [3.8, 4) is 0 Å². The van der Waals surface area contributed by atoms with Gasteiger partial charge >= 0.3 is 0 Å². The predicted molar refractivity (Wildman–Crippen MR) is 99.5 cm³/mol. The summed E-state index contributed by atoms with van der Waals surface area (Å²) in [6.45, 7) is 1.19. The number of aromatic amines is 1. The standard InChI is InChI=1S/C19H17ClN4O2/c20-14-5-1-3-12-6-7-15(23-18(12)14)19(26)24-8-2-4-13(10-24)16-9-17(25)22-11-21-16/h1,3,5-7,9,11,13H,2,4,8,10H2,(H,21,22,25)/t13-/m1/s1. The number of fused-ring (bicyclic) bond motifs is 1. The zero-order valence-corrected chi connectivity index (χ0v) is 14.7. The van der Waals surface area contributed by atoms with E-state index in [0.717, 1.165) is 23.9 Å². The number of piperidine rings is 1. The zero-order valence-electron chi connectivity index (χ0n) is 14.0. The van der Waals surface area contributed by atoms with Gasteiger partial charge in [-0.25, -0.2) is 9.97 Å². The fourth-order valence-corrected chi connectivity index (χ4v) is 3.63. The van der Waals surface area contributed by atoms with E-state index < -0.39 is 0 Å². The summed E-state index contributed by atoms with van der Waals surface area (Å²) in [6.07, 6.45) is 3.17. The molecule has 1 aliphatic rings. The number of nitrogens with zero attached hydrogens (tertiary/aromatic N) is 3. The molecule has 4 rings (SSSR count). The number of H-pyrrole nitrogens is 1. The van der Waals surface area contributed by atoms with E-state index in [9.17, 15) is 9.59 Å². The molecular formula is C19H17ClN4O2. The molecule has 1 N–H and O–H groups in total. The molecule has 0 saturated carbocycles. The molecule has 0 aliphatic carbocycles. The lowest BCUT2D eigenvalue weighted by molar-refractivity contribution is 0.0700. The van der Waals surface area contributed by atoms with E-state index in [1.54, 1.807) is 17.0 Å². The molecular weight excluding hydrogens is 352 g/mol. The minimum Gasteiger partial charge on any atom is -0.337 e. The quantitative estimate of drug-likeness (QED) is 0.754. The summed E-state index contributed by atoms with van der Waals surface area (Å²) in [4.78, 5) is 37.5. The van der Waals surface area contributed by atoms with Gasteiger partial charge in [0, 0.05) is 30.5 Å². The zero-order chi connectivity index (χ0) is 18.1. The van der Waals surface area contributed by atoms with Crippen LogP contribution < -0.4 is 5.56 Å². The Morgan fingerprint density at radius 1 is 1.27 bits per heavy atom. The molecule has 0 radical (unpaired) electrons. The minimum absolute atomic E-state index is 0.0547. The van der Waals surface area contributed by atoms with Gasteiger partial charge in [-0.1, -0.05) is 29.8 Å². The Morgan fingerprint density at radius 3 is 3.00 bits per heavy atom. The van der Waals surface area contributed by atoms with Crippen LogP contribution in [0.2, 0.25) is 5.02 Å². The molecule has 1 atom stereocenters. The Morgan fingerprint density at radius 2 is 2.15 bits per heavy atom. The summed E-state index contributed by atoms with van der Waals surface area (Å²) in [6, 6.07) is 10.6. The first-order chi connectivity index (χ1) is 12.6. The number of hydrogen-bond donors (Lipinski definition) is 1. The van der Waals surface area contributed by atoms with Crippen molar-refractivity contribution in [2.75, 3.05) is 13.1 Å². The second-order valence-corrected chi connectivity index (χ2v) is 6.84. The van der Waals surface area contributed by atoms with Crippen LogP contribution in [0.3, 0.4) is 0 Å². The van der Waals surface area contributed by atoms with Gasteiger partial charge < -0.3 is 9.88 Å². The number of halogens is 1. The van der Waals surface area contributed by atoms with Gasteiger partial charge in [0.1, 0.15) is 5.69 Å². The first kappa shape index (κ1) is 16.7. The van der Waals surface area contributed by atoms with Gasteiger partial charge in [0.2, 0.25) is 0 Å². The van der Waals surface area contributed by atoms with E-state index in [1.165, 1.54) is 12.4 Å². The third-order valence-electron chi connectivity index (χ3n) is 4.72. The lowest BCUT2D eigenvalue weighted by atomic mass is 9.94. The summed E-state index contributed by atoms with van der Waals surface area (Å²) in [5, 5.41) is 1.43. The van der Waals surface area contributed by atoms with Crippen LogP contribution in [0.25, 0.3) is 10.9 Å². The van der Waals surface area contributed by atoms with E-state index >= 15 is 0 Å². The topological polar surface area (TPSA) is 79.0 Å². The SMILES string of the molecule is O=C(c1ccc2cccc(Cl)c2n1)N1CCC[C@@H](c2cc(=O)[nH]cn2)C1. The Labute approximate surface area is 154 Å². The molecule has 3 heterocycles. The molecule has 0 bridgehead atoms. The molecule has 7 heteroatoms. The molecule has 2 aromatic heterocycles. The Balaban J connectivity index is 1.59. The molecule has 1 aliphatic heterocycles. The average molecular weight is 369 g/mol. The summed E-state index contributed by atoms with van der Waals surface area (Å²) in [5.41, 5.74) is 1.56. The average Bonchev–Trinajstić information content (AvgIpc) is 2.68. The molecule has 6 nitrogen and oxygen atoms in total. The van der Waals surface area contributed by atoms with Crippen molar-refractivity contribution < 1.29 is 4.79 Å². The fraction of sp³-hybridized carbons (Fsp3) is 0.263. The van der Waals surface area contributed by atoms with Crippen LogP contribution in [0.15, 0.2) is 47.5 Å². The van der Waals surface area contributed by atoms with Crippen molar-refractivity contribution in [1.29, 1.82) is 0 Å². The highest BCUT2D eigenvalue weighted by atomic mass is 35.5. The minimum atomic E-state index is -0.177. The van der Waals surface area contributed by atoms with Crippen LogP contribution in [0.5, 0.6) is 0 Å². The molecule has 26 heavy (non-hydrogen) atoms. The summed E-state index contributed by atoms with van der Waals surface area (Å²) >= 11 is 6.21. The van der Waals surface area contributed by atoms with Crippen molar-refractivity contribution in [1.82, 2.24) is 19.9 Å². The lowest BCUT2D eigenvalue weighted by Gasteiger charge is -2.32. The van der Waals surface area contributed by atoms with Gasteiger partial charge in [0.15, 0.2) is 0 Å². The molecule has 1 aromatic carbocycles. The monoisotopic (exact) mass is 368 g/mol. The maximum Gasteiger partial charge on any atom is 0.272 e. The molecule has 3 aromatic rings. The summed E-state index contributed by atoms with van der Waals surface area (Å²) in [5.74, 6) is -0.0691. The van der Waals surface area contributed by atoms with E-state index in [4.69, 9.17) is 11.6 Å². The van der Waals surface area contributed by atoms with Crippen LogP contribution >= 0.6 is 11.6 Å². The third kappa shape index (κ3) is 3.20. The number of carbonyl (C=O) groups is 1. The predicted octanol–water partition coefficient (Wildman–Crippen LogP) is 2.99. The maximum absolute atomic E-state index is 12.9. The number of rotatable bonds is 2. The number of benzene rings is 1. The normalized spacial score (nSPS) is 17.4. The van der Waals surface area contributed by atoms with E-state index in [0.29, 0.717) is 29.3 Å². The van der Waals surface area contributed by atoms with Crippen LogP contribution in [-0.4, -0.2) is 38.8 Å². The second-order valence-electron chi connectivity index (χ2n) is 6.43. The van der Waals surface area contributed by atoms with Gasteiger partial charge in [-0.15, -0.1) is 0 Å². The van der Waals surface area contributed by atoms with Crippen LogP contribution in [-0.2, 0) is 0 Å². The highest BCUT2D eigenvalue weighted by Crippen LogP contribution is 2.26. The smallest absolute Gasteiger partial charge is 0.272 e. The summed E-state index contributed by atoms with van der Waals surface area (Å²) < 4.78 is 0.